The first-order valence-electron chi connectivity index (χ1n) is 23.6. The summed E-state index contributed by atoms with van der Waals surface area (Å²) in [4.78, 5) is 35.9. The van der Waals surface area contributed by atoms with Gasteiger partial charge >= 0.3 is 5.97 Å². The van der Waals surface area contributed by atoms with Crippen molar-refractivity contribution in [1.29, 1.82) is 0 Å². The lowest BCUT2D eigenvalue weighted by molar-refractivity contribution is 0.0697. The largest absolute Gasteiger partial charge is 0.478 e. The number of hydrogen-bond donors (Lipinski definition) is 1. The Bertz CT molecular complexity index is 4100. The molecule has 0 radical (unpaired) electrons. The molecule has 8 nitrogen and oxygen atoms in total. The molecule has 4 aromatic heterocycles. The van der Waals surface area contributed by atoms with E-state index in [1.165, 1.54) is 11.1 Å². The molecule has 0 fully saturated rings. The highest BCUT2D eigenvalue weighted by atomic mass is 16.4. The van der Waals surface area contributed by atoms with Crippen molar-refractivity contribution >= 4 is 97.1 Å². The summed E-state index contributed by atoms with van der Waals surface area (Å²) in [6.45, 7) is 21.7. The zero-order valence-electron chi connectivity index (χ0n) is 40.4. The molecule has 8 heteroatoms. The average Bonchev–Trinajstić information content (AvgIpc) is 4.10. The fourth-order valence-electron chi connectivity index (χ4n) is 12.5. The molecule has 1 N–H and O–H groups in total. The third kappa shape index (κ3) is 5.66. The van der Waals surface area contributed by atoms with Gasteiger partial charge in [0.2, 0.25) is 0 Å². The second-order valence-electron chi connectivity index (χ2n) is 19.8. The van der Waals surface area contributed by atoms with Crippen molar-refractivity contribution in [3.63, 3.8) is 0 Å². The quantitative estimate of drug-likeness (QED) is 0.190. The van der Waals surface area contributed by atoms with E-state index in [2.05, 4.69) is 163 Å². The molecule has 0 aliphatic carbocycles. The molecule has 0 amide bonds. The first-order chi connectivity index (χ1) is 33.1. The van der Waals surface area contributed by atoms with Gasteiger partial charge in [0, 0.05) is 32.7 Å². The molecule has 12 bridgehead atoms. The molecule has 0 unspecified atom stereocenters. The summed E-state index contributed by atoms with van der Waals surface area (Å²) in [5, 5.41) is 14.5. The fraction of sp³-hybridized carbons (Fsp3) is 0.164. The van der Waals surface area contributed by atoms with Gasteiger partial charge in [-0.15, -0.1) is 0 Å². The molecule has 8 heterocycles. The molecule has 13 rings (SSSR count). The highest BCUT2D eigenvalue weighted by Gasteiger charge is 2.32. The van der Waals surface area contributed by atoms with Gasteiger partial charge in [-0.2, -0.15) is 0 Å². The molecule has 0 atom stereocenters. The van der Waals surface area contributed by atoms with Crippen LogP contribution in [0.25, 0.3) is 125 Å². The normalized spacial score (nSPS) is 13.0. The maximum atomic E-state index is 12.9. The highest BCUT2D eigenvalue weighted by molar-refractivity contribution is 6.29. The molecule has 0 spiro atoms. The number of aryl methyl sites for hydroxylation is 10. The van der Waals surface area contributed by atoms with Crippen molar-refractivity contribution in [3.05, 3.63) is 162 Å². The summed E-state index contributed by atoms with van der Waals surface area (Å²) in [5.74, 6) is -0.986. The Morgan fingerprint density at radius 3 is 1.17 bits per heavy atom. The van der Waals surface area contributed by atoms with E-state index in [-0.39, 0.29) is 5.56 Å². The molecule has 334 valence electrons. The van der Waals surface area contributed by atoms with Crippen LogP contribution in [-0.2, 0) is 0 Å². The Hall–Kier alpha value is -8.23. The third-order valence-corrected chi connectivity index (χ3v) is 14.7. The van der Waals surface area contributed by atoms with Crippen molar-refractivity contribution in [3.8, 4) is 33.6 Å². The average molecular weight is 897 g/mol. The van der Waals surface area contributed by atoms with Gasteiger partial charge in [-0.3, -0.25) is 0 Å². The number of aromatic nitrogens is 6. The molecule has 4 aliphatic heterocycles. The minimum Gasteiger partial charge on any atom is -0.478 e. The Morgan fingerprint density at radius 1 is 0.391 bits per heavy atom. The van der Waals surface area contributed by atoms with Crippen molar-refractivity contribution in [2.75, 3.05) is 0 Å². The van der Waals surface area contributed by atoms with Crippen molar-refractivity contribution in [2.45, 2.75) is 69.2 Å². The van der Waals surface area contributed by atoms with Gasteiger partial charge in [-0.1, -0.05) is 47.5 Å². The third-order valence-electron chi connectivity index (χ3n) is 14.7. The maximum absolute atomic E-state index is 12.9. The standard InChI is InChI=1S/C61H48N6O2/c1-28-19-32(5)49(33(6)20-28)53-39-12-13-40(62-39)54(50-34(7)21-29(2)22-35(50)8)42-15-17-44(64-42)56-52-37(10)24-31(4)26-48(52)67-46-27-38(61(68)69)11-18-45(46)66-47-25-30(3)23-36(9)51(47)55(43-16-14-41(53)63-43)58-60(67)59(66)57(56)65-58/h11-27H,1-10H3,(H,68,69). The number of aromatic carboxylic acids is 1. The maximum Gasteiger partial charge on any atom is 0.335 e. The van der Waals surface area contributed by atoms with Crippen molar-refractivity contribution in [1.82, 2.24) is 29.1 Å². The van der Waals surface area contributed by atoms with E-state index in [9.17, 15) is 9.90 Å². The van der Waals surface area contributed by atoms with Crippen LogP contribution >= 0.6 is 0 Å². The number of rotatable bonds is 3. The SMILES string of the molecule is Cc1cc(C)c(-c2c3nc(c(-c4c(C)cc(C)cc4C)c4nc(c5c6nc7c(c8nc2C=C8)c2c(C)cc(C)cc2n2c6c7n(c6cc(C)cc(C)c56)-c5ccc(C(=O)O)cc5-2)C=C4)C=C3)c(C)c1. The van der Waals surface area contributed by atoms with Crippen molar-refractivity contribution in [2.24, 2.45) is 0 Å². The Balaban J connectivity index is 1.39. The van der Waals surface area contributed by atoms with Gasteiger partial charge < -0.3 is 14.2 Å². The highest BCUT2D eigenvalue weighted by Crippen LogP contribution is 2.49. The van der Waals surface area contributed by atoms with E-state index < -0.39 is 5.97 Å². The van der Waals surface area contributed by atoms with Gasteiger partial charge in [0.25, 0.3) is 0 Å². The van der Waals surface area contributed by atoms with Crippen LogP contribution in [0.2, 0.25) is 0 Å². The van der Waals surface area contributed by atoms with Crippen LogP contribution in [0.3, 0.4) is 0 Å². The van der Waals surface area contributed by atoms with Gasteiger partial charge in [-0.05, 0) is 192 Å². The van der Waals surface area contributed by atoms with Crippen LogP contribution in [0.15, 0.2) is 66.7 Å². The second-order valence-corrected chi connectivity index (χ2v) is 19.8. The van der Waals surface area contributed by atoms with Crippen molar-refractivity contribution < 1.29 is 9.90 Å². The van der Waals surface area contributed by atoms with Gasteiger partial charge in [0.1, 0.15) is 11.0 Å². The number of fused-ring (bicyclic) bond motifs is 17. The van der Waals surface area contributed by atoms with Gasteiger partial charge in [0.05, 0.1) is 73.2 Å². The number of carboxylic acids is 1. The summed E-state index contributed by atoms with van der Waals surface area (Å²) >= 11 is 0. The van der Waals surface area contributed by atoms with E-state index in [1.54, 1.807) is 6.07 Å². The Kier molecular flexibility index (Phi) is 8.41. The van der Waals surface area contributed by atoms with E-state index in [1.807, 2.05) is 12.1 Å². The second kappa shape index (κ2) is 14.2. The van der Waals surface area contributed by atoms with Crippen LogP contribution in [-0.4, -0.2) is 40.1 Å². The molecule has 5 aromatic carbocycles. The first-order valence-corrected chi connectivity index (χ1v) is 23.6. The first kappa shape index (κ1) is 41.0. The summed E-state index contributed by atoms with van der Waals surface area (Å²) in [6.07, 6.45) is 12.9. The number of carbonyl (C=O) groups is 1. The monoisotopic (exact) mass is 896 g/mol. The lowest BCUT2D eigenvalue weighted by atomic mass is 9.92. The topological polar surface area (TPSA) is 98.7 Å². The molecule has 0 saturated heterocycles. The minimum absolute atomic E-state index is 0.208. The molecular weight excluding hydrogens is 849 g/mol. The zero-order chi connectivity index (χ0) is 47.6. The number of nitrogens with zero attached hydrogens (tertiary/aromatic N) is 6. The van der Waals surface area contributed by atoms with E-state index >= 15 is 0 Å². The Morgan fingerprint density at radius 2 is 0.754 bits per heavy atom. The molecule has 4 aliphatic rings. The summed E-state index contributed by atoms with van der Waals surface area (Å²) in [5.41, 5.74) is 27.6. The molecule has 9 aromatic rings. The lowest BCUT2D eigenvalue weighted by Gasteiger charge is -2.23. The van der Waals surface area contributed by atoms with E-state index in [0.29, 0.717) is 0 Å². The summed E-state index contributed by atoms with van der Waals surface area (Å²) in [7, 11) is 0. The van der Waals surface area contributed by atoms with Crippen LogP contribution in [0.4, 0.5) is 0 Å². The molecule has 69 heavy (non-hydrogen) atoms. The van der Waals surface area contributed by atoms with Crippen LogP contribution in [0, 0.1) is 69.2 Å². The fourth-order valence-corrected chi connectivity index (χ4v) is 12.5. The predicted molar refractivity (Wildman–Crippen MR) is 285 cm³/mol. The molecular formula is C61H48N6O2. The van der Waals surface area contributed by atoms with Crippen LogP contribution in [0.1, 0.15) is 100 Å². The number of hydrogen-bond acceptors (Lipinski definition) is 5. The predicted octanol–water partition coefficient (Wildman–Crippen LogP) is 14.7. The van der Waals surface area contributed by atoms with Crippen LogP contribution < -0.4 is 0 Å². The van der Waals surface area contributed by atoms with Crippen LogP contribution in [0.5, 0.6) is 0 Å². The smallest absolute Gasteiger partial charge is 0.335 e. The number of carboxylic acid groups (broad SMARTS) is 1. The lowest BCUT2D eigenvalue weighted by Crippen LogP contribution is -2.11. The van der Waals surface area contributed by atoms with E-state index in [0.717, 1.165) is 167 Å². The number of benzene rings is 5. The molecule has 0 saturated carbocycles. The summed E-state index contributed by atoms with van der Waals surface area (Å²) < 4.78 is 4.63. The summed E-state index contributed by atoms with van der Waals surface area (Å²) in [6, 6.07) is 23.5. The Labute approximate surface area is 399 Å². The minimum atomic E-state index is -0.986. The van der Waals surface area contributed by atoms with Gasteiger partial charge in [0.15, 0.2) is 0 Å². The zero-order valence-corrected chi connectivity index (χ0v) is 40.4. The van der Waals surface area contributed by atoms with E-state index in [4.69, 9.17) is 19.9 Å². The van der Waals surface area contributed by atoms with Gasteiger partial charge in [-0.25, -0.2) is 24.7 Å².